The van der Waals surface area contributed by atoms with Crippen LogP contribution in [0.3, 0.4) is 0 Å². The highest BCUT2D eigenvalue weighted by molar-refractivity contribution is 9.10. The standard InChI is InChI=1S/C17H18BrN3O3S/c1-17(2,3)10-4-6-11(7-5-10)25(23,24)21-13-9-15-14(8-12(13)18)19-16(22)20-15/h4-9,21H,1-3H3,(H2,19,20,22). The van der Waals surface area contributed by atoms with Gasteiger partial charge in [-0.05, 0) is 51.2 Å². The van der Waals surface area contributed by atoms with Crippen molar-refractivity contribution in [3.63, 3.8) is 0 Å². The van der Waals surface area contributed by atoms with Gasteiger partial charge in [-0.15, -0.1) is 0 Å². The van der Waals surface area contributed by atoms with Gasteiger partial charge in [0.05, 0.1) is 21.6 Å². The van der Waals surface area contributed by atoms with E-state index in [9.17, 15) is 13.2 Å². The number of nitrogens with one attached hydrogen (secondary N) is 3. The van der Waals surface area contributed by atoms with Crippen molar-refractivity contribution in [1.29, 1.82) is 0 Å². The number of hydrogen-bond acceptors (Lipinski definition) is 3. The van der Waals surface area contributed by atoms with Gasteiger partial charge < -0.3 is 9.97 Å². The number of sulfonamides is 1. The molecule has 0 aliphatic carbocycles. The van der Waals surface area contributed by atoms with Crippen molar-refractivity contribution in [3.05, 3.63) is 56.9 Å². The third-order valence-electron chi connectivity index (χ3n) is 3.88. The predicted molar refractivity (Wildman–Crippen MR) is 103 cm³/mol. The third-order valence-corrected chi connectivity index (χ3v) is 5.92. The summed E-state index contributed by atoms with van der Waals surface area (Å²) >= 11 is 3.33. The molecule has 0 unspecified atom stereocenters. The molecule has 1 aromatic heterocycles. The largest absolute Gasteiger partial charge is 0.323 e. The number of H-pyrrole nitrogens is 2. The minimum absolute atomic E-state index is 0.0516. The van der Waals surface area contributed by atoms with Crippen molar-refractivity contribution in [3.8, 4) is 0 Å². The van der Waals surface area contributed by atoms with E-state index in [2.05, 4.69) is 51.4 Å². The topological polar surface area (TPSA) is 94.8 Å². The number of aromatic amines is 2. The highest BCUT2D eigenvalue weighted by Gasteiger charge is 2.19. The molecule has 0 spiro atoms. The summed E-state index contributed by atoms with van der Waals surface area (Å²) in [4.78, 5) is 16.8. The average Bonchev–Trinajstić information content (AvgIpc) is 2.85. The number of anilines is 1. The minimum Gasteiger partial charge on any atom is -0.306 e. The van der Waals surface area contributed by atoms with E-state index < -0.39 is 10.0 Å². The van der Waals surface area contributed by atoms with E-state index in [1.54, 1.807) is 24.3 Å². The zero-order valence-corrected chi connectivity index (χ0v) is 16.4. The molecular weight excluding hydrogens is 406 g/mol. The first-order valence-electron chi connectivity index (χ1n) is 7.61. The second kappa shape index (κ2) is 6.03. The molecule has 25 heavy (non-hydrogen) atoms. The zero-order valence-electron chi connectivity index (χ0n) is 14.0. The molecule has 0 saturated heterocycles. The Balaban J connectivity index is 1.96. The molecule has 0 aliphatic heterocycles. The first-order valence-corrected chi connectivity index (χ1v) is 9.89. The number of hydrogen-bond donors (Lipinski definition) is 3. The van der Waals surface area contributed by atoms with Gasteiger partial charge in [-0.3, -0.25) is 4.72 Å². The molecule has 0 atom stereocenters. The SMILES string of the molecule is CC(C)(C)c1ccc(S(=O)(=O)Nc2cc3[nH]c(=O)[nH]c3cc2Br)cc1. The minimum atomic E-state index is -3.74. The summed E-state index contributed by atoms with van der Waals surface area (Å²) in [6, 6.07) is 10.0. The molecule has 1 heterocycles. The Labute approximate surface area is 153 Å². The van der Waals surface area contributed by atoms with Gasteiger partial charge in [0.15, 0.2) is 0 Å². The zero-order chi connectivity index (χ0) is 18.4. The van der Waals surface area contributed by atoms with Crippen LogP contribution in [-0.4, -0.2) is 18.4 Å². The lowest BCUT2D eigenvalue weighted by Gasteiger charge is -2.19. The van der Waals surface area contributed by atoms with Crippen LogP contribution < -0.4 is 10.4 Å². The van der Waals surface area contributed by atoms with Crippen LogP contribution in [-0.2, 0) is 15.4 Å². The molecule has 0 fully saturated rings. The second-order valence-corrected chi connectivity index (χ2v) is 9.37. The summed E-state index contributed by atoms with van der Waals surface area (Å²) in [6.45, 7) is 6.20. The highest BCUT2D eigenvalue weighted by Crippen LogP contribution is 2.29. The number of benzene rings is 2. The number of aromatic nitrogens is 2. The van der Waals surface area contributed by atoms with Crippen molar-refractivity contribution in [2.75, 3.05) is 4.72 Å². The quantitative estimate of drug-likeness (QED) is 0.598. The molecule has 3 aromatic rings. The van der Waals surface area contributed by atoms with Crippen molar-refractivity contribution in [2.45, 2.75) is 31.1 Å². The first kappa shape index (κ1) is 17.8. The summed E-state index contributed by atoms with van der Waals surface area (Å²) in [5.41, 5.74) is 2.12. The second-order valence-electron chi connectivity index (χ2n) is 6.84. The molecule has 0 amide bonds. The van der Waals surface area contributed by atoms with Crippen molar-refractivity contribution in [1.82, 2.24) is 9.97 Å². The van der Waals surface area contributed by atoms with Crippen molar-refractivity contribution < 1.29 is 8.42 Å². The summed E-state index contributed by atoms with van der Waals surface area (Å²) < 4.78 is 28.4. The number of halogens is 1. The Kier molecular flexibility index (Phi) is 4.28. The van der Waals surface area contributed by atoms with Gasteiger partial charge >= 0.3 is 5.69 Å². The summed E-state index contributed by atoms with van der Waals surface area (Å²) in [6.07, 6.45) is 0. The Hall–Kier alpha value is -2.06. The van der Waals surface area contributed by atoms with E-state index in [4.69, 9.17) is 0 Å². The van der Waals surface area contributed by atoms with Crippen LogP contribution in [0.1, 0.15) is 26.3 Å². The maximum absolute atomic E-state index is 12.6. The van der Waals surface area contributed by atoms with Crippen LogP contribution in [0, 0.1) is 0 Å². The Morgan fingerprint density at radius 2 is 1.56 bits per heavy atom. The molecule has 6 nitrogen and oxygen atoms in total. The Morgan fingerprint density at radius 3 is 2.12 bits per heavy atom. The van der Waals surface area contributed by atoms with Crippen molar-refractivity contribution in [2.24, 2.45) is 0 Å². The van der Waals surface area contributed by atoms with Crippen LogP contribution in [0.4, 0.5) is 5.69 Å². The molecule has 2 aromatic carbocycles. The van der Waals surface area contributed by atoms with Gasteiger partial charge in [0, 0.05) is 4.47 Å². The Bertz CT molecular complexity index is 1090. The number of rotatable bonds is 3. The molecule has 8 heteroatoms. The smallest absolute Gasteiger partial charge is 0.306 e. The van der Waals surface area contributed by atoms with E-state index in [-0.39, 0.29) is 16.0 Å². The van der Waals surface area contributed by atoms with Gasteiger partial charge in [0.25, 0.3) is 10.0 Å². The highest BCUT2D eigenvalue weighted by atomic mass is 79.9. The van der Waals surface area contributed by atoms with E-state index in [1.165, 1.54) is 0 Å². The maximum Gasteiger partial charge on any atom is 0.323 e. The first-order chi connectivity index (χ1) is 11.6. The average molecular weight is 424 g/mol. The fourth-order valence-electron chi connectivity index (χ4n) is 2.47. The fourth-order valence-corrected chi connectivity index (χ4v) is 4.12. The van der Waals surface area contributed by atoms with Crippen LogP contribution in [0.2, 0.25) is 0 Å². The predicted octanol–water partition coefficient (Wildman–Crippen LogP) is 3.72. The molecule has 0 saturated carbocycles. The van der Waals surface area contributed by atoms with E-state index in [0.717, 1.165) is 5.56 Å². The lowest BCUT2D eigenvalue weighted by Crippen LogP contribution is -2.15. The number of fused-ring (bicyclic) bond motifs is 1. The molecule has 132 valence electrons. The third kappa shape index (κ3) is 3.64. The van der Waals surface area contributed by atoms with Gasteiger partial charge in [-0.2, -0.15) is 0 Å². The van der Waals surface area contributed by atoms with E-state index >= 15 is 0 Å². The van der Waals surface area contributed by atoms with Gasteiger partial charge in [0.2, 0.25) is 0 Å². The summed E-state index contributed by atoms with van der Waals surface area (Å²) in [5.74, 6) is 0. The van der Waals surface area contributed by atoms with Crippen LogP contribution in [0.15, 0.2) is 50.6 Å². The number of imidazole rings is 1. The summed E-state index contributed by atoms with van der Waals surface area (Å²) in [5, 5.41) is 0. The van der Waals surface area contributed by atoms with E-state index in [1.807, 2.05) is 12.1 Å². The molecule has 0 aliphatic rings. The molecule has 0 bridgehead atoms. The van der Waals surface area contributed by atoms with E-state index in [0.29, 0.717) is 21.2 Å². The molecule has 0 radical (unpaired) electrons. The molecular formula is C17H18BrN3O3S. The monoisotopic (exact) mass is 423 g/mol. The normalized spacial score (nSPS) is 12.5. The van der Waals surface area contributed by atoms with Crippen LogP contribution in [0.25, 0.3) is 11.0 Å². The van der Waals surface area contributed by atoms with Gasteiger partial charge in [-0.1, -0.05) is 32.9 Å². The summed E-state index contributed by atoms with van der Waals surface area (Å²) in [7, 11) is -3.74. The fraction of sp³-hybridized carbons (Fsp3) is 0.235. The van der Waals surface area contributed by atoms with Gasteiger partial charge in [0.1, 0.15) is 0 Å². The van der Waals surface area contributed by atoms with Crippen LogP contribution in [0.5, 0.6) is 0 Å². The lowest BCUT2D eigenvalue weighted by atomic mass is 9.87. The lowest BCUT2D eigenvalue weighted by molar-refractivity contribution is 0.587. The van der Waals surface area contributed by atoms with Gasteiger partial charge in [-0.25, -0.2) is 13.2 Å². The molecule has 3 rings (SSSR count). The van der Waals surface area contributed by atoms with Crippen molar-refractivity contribution >= 4 is 42.7 Å². The Morgan fingerprint density at radius 1 is 1.00 bits per heavy atom. The van der Waals surface area contributed by atoms with Crippen LogP contribution >= 0.6 is 15.9 Å². The maximum atomic E-state index is 12.6. The molecule has 3 N–H and O–H groups in total.